The second kappa shape index (κ2) is 8.38. The number of nitrogens with zero attached hydrogens (tertiary/aromatic N) is 4. The second-order valence-electron chi connectivity index (χ2n) is 7.41. The maximum absolute atomic E-state index is 13.0. The fourth-order valence-electron chi connectivity index (χ4n) is 3.94. The fourth-order valence-corrected chi connectivity index (χ4v) is 3.94. The molecule has 1 amide bonds. The number of hydrogen-bond donors (Lipinski definition) is 0. The molecule has 5 heteroatoms. The van der Waals surface area contributed by atoms with Gasteiger partial charge < -0.3 is 9.47 Å². The first-order valence-corrected chi connectivity index (χ1v) is 10.0. The van der Waals surface area contributed by atoms with Crippen LogP contribution < -0.4 is 0 Å². The minimum absolute atomic E-state index is 0.125. The van der Waals surface area contributed by atoms with Crippen LogP contribution in [0, 0.1) is 0 Å². The molecule has 0 saturated carbocycles. The molecule has 1 fully saturated rings. The van der Waals surface area contributed by atoms with Gasteiger partial charge in [0.15, 0.2) is 0 Å². The maximum Gasteiger partial charge on any atom is 0.253 e. The summed E-state index contributed by atoms with van der Waals surface area (Å²) < 4.78 is 2.20. The first-order valence-electron chi connectivity index (χ1n) is 10.0. The molecule has 144 valence electrons. The summed E-state index contributed by atoms with van der Waals surface area (Å²) in [5.41, 5.74) is 3.23. The molecule has 0 unspecified atom stereocenters. The normalized spacial score (nSPS) is 16.9. The van der Waals surface area contributed by atoms with E-state index >= 15 is 0 Å². The van der Waals surface area contributed by atoms with Crippen LogP contribution in [-0.2, 0) is 13.0 Å². The van der Waals surface area contributed by atoms with E-state index in [1.807, 2.05) is 54.0 Å². The summed E-state index contributed by atoms with van der Waals surface area (Å²) in [6, 6.07) is 12.1. The summed E-state index contributed by atoms with van der Waals surface area (Å²) in [4.78, 5) is 23.7. The van der Waals surface area contributed by atoms with Crippen molar-refractivity contribution in [3.8, 4) is 0 Å². The number of pyridine rings is 1. The molecule has 0 aliphatic carbocycles. The average molecular weight is 374 g/mol. The smallest absolute Gasteiger partial charge is 0.253 e. The molecular formula is C23H26N4O. The van der Waals surface area contributed by atoms with Gasteiger partial charge in [-0.1, -0.05) is 19.1 Å². The van der Waals surface area contributed by atoms with Gasteiger partial charge >= 0.3 is 0 Å². The molecule has 4 rings (SSSR count). The Hall–Kier alpha value is -2.95. The summed E-state index contributed by atoms with van der Waals surface area (Å²) in [7, 11) is 0. The first kappa shape index (κ1) is 18.4. The summed E-state index contributed by atoms with van der Waals surface area (Å²) >= 11 is 0. The third kappa shape index (κ3) is 3.98. The van der Waals surface area contributed by atoms with Crippen LogP contribution >= 0.6 is 0 Å². The molecule has 3 heterocycles. The number of amides is 1. The highest BCUT2D eigenvalue weighted by molar-refractivity contribution is 5.94. The number of likely N-dealkylation sites (tertiary alicyclic amines) is 1. The van der Waals surface area contributed by atoms with Crippen LogP contribution in [-0.4, -0.2) is 38.4 Å². The molecule has 0 N–H and O–H groups in total. The Morgan fingerprint density at radius 2 is 1.86 bits per heavy atom. The monoisotopic (exact) mass is 374 g/mol. The lowest BCUT2D eigenvalue weighted by atomic mass is 9.96. The van der Waals surface area contributed by atoms with Crippen LogP contribution in [0.4, 0.5) is 0 Å². The third-order valence-corrected chi connectivity index (χ3v) is 5.53. The molecule has 5 nitrogen and oxygen atoms in total. The summed E-state index contributed by atoms with van der Waals surface area (Å²) in [6.07, 6.45) is 10.6. The fraction of sp³-hybridized carbons (Fsp3) is 0.348. The minimum atomic E-state index is 0.125. The van der Waals surface area contributed by atoms with Crippen molar-refractivity contribution in [2.24, 2.45) is 0 Å². The van der Waals surface area contributed by atoms with Crippen molar-refractivity contribution in [3.63, 3.8) is 0 Å². The summed E-state index contributed by atoms with van der Waals surface area (Å²) in [5.74, 6) is 1.46. The van der Waals surface area contributed by atoms with Crippen LogP contribution in [0.5, 0.6) is 0 Å². The average Bonchev–Trinajstić information content (AvgIpc) is 3.22. The molecule has 1 aromatic carbocycles. The predicted molar refractivity (Wildman–Crippen MR) is 109 cm³/mol. The Morgan fingerprint density at radius 3 is 2.61 bits per heavy atom. The van der Waals surface area contributed by atoms with E-state index in [2.05, 4.69) is 33.6 Å². The van der Waals surface area contributed by atoms with Crippen LogP contribution in [0.2, 0.25) is 0 Å². The van der Waals surface area contributed by atoms with Gasteiger partial charge in [0, 0.05) is 55.9 Å². The van der Waals surface area contributed by atoms with E-state index in [9.17, 15) is 4.79 Å². The molecule has 1 aliphatic heterocycles. The molecule has 28 heavy (non-hydrogen) atoms. The highest BCUT2D eigenvalue weighted by Gasteiger charge is 2.28. The van der Waals surface area contributed by atoms with Crippen molar-refractivity contribution in [3.05, 3.63) is 83.7 Å². The number of aryl methyl sites for hydroxylation is 1. The van der Waals surface area contributed by atoms with E-state index in [4.69, 9.17) is 0 Å². The van der Waals surface area contributed by atoms with Gasteiger partial charge in [0.2, 0.25) is 0 Å². The van der Waals surface area contributed by atoms with Crippen molar-refractivity contribution in [2.45, 2.75) is 38.6 Å². The largest absolute Gasteiger partial charge is 0.338 e. The Morgan fingerprint density at radius 1 is 1.07 bits per heavy atom. The highest BCUT2D eigenvalue weighted by atomic mass is 16.2. The number of imidazole rings is 1. The van der Waals surface area contributed by atoms with Gasteiger partial charge in [-0.3, -0.25) is 9.78 Å². The van der Waals surface area contributed by atoms with Crippen LogP contribution in [0.1, 0.15) is 53.0 Å². The van der Waals surface area contributed by atoms with Crippen molar-refractivity contribution in [1.29, 1.82) is 0 Å². The lowest BCUT2D eigenvalue weighted by Gasteiger charge is -2.33. The van der Waals surface area contributed by atoms with Gasteiger partial charge in [-0.25, -0.2) is 4.98 Å². The number of rotatable bonds is 5. The maximum atomic E-state index is 13.0. The van der Waals surface area contributed by atoms with Crippen molar-refractivity contribution < 1.29 is 4.79 Å². The molecule has 0 bridgehead atoms. The SMILES string of the molecule is CCc1ccc(C(=O)N2CCC[C@H](c3nccn3Cc3ccncc3)C2)cc1. The zero-order valence-corrected chi connectivity index (χ0v) is 16.3. The van der Waals surface area contributed by atoms with Crippen LogP contribution in [0.15, 0.2) is 61.2 Å². The van der Waals surface area contributed by atoms with E-state index in [1.54, 1.807) is 0 Å². The predicted octanol–water partition coefficient (Wildman–Crippen LogP) is 3.91. The van der Waals surface area contributed by atoms with Gasteiger partial charge in [-0.05, 0) is 54.7 Å². The topological polar surface area (TPSA) is 51.0 Å². The van der Waals surface area contributed by atoms with Crippen molar-refractivity contribution in [2.75, 3.05) is 13.1 Å². The van der Waals surface area contributed by atoms with E-state index in [0.29, 0.717) is 0 Å². The first-order chi connectivity index (χ1) is 13.7. The number of hydrogen-bond acceptors (Lipinski definition) is 3. The zero-order chi connectivity index (χ0) is 19.3. The van der Waals surface area contributed by atoms with Crippen LogP contribution in [0.25, 0.3) is 0 Å². The standard InChI is InChI=1S/C23H26N4O/c1-2-18-5-7-20(8-6-18)23(28)27-14-3-4-21(17-27)22-25-13-15-26(22)16-19-9-11-24-12-10-19/h5-13,15,21H,2-4,14,16-17H2,1H3/t21-/m0/s1. The second-order valence-corrected chi connectivity index (χ2v) is 7.41. The van der Waals surface area contributed by atoms with E-state index in [-0.39, 0.29) is 11.8 Å². The number of piperidine rings is 1. The minimum Gasteiger partial charge on any atom is -0.338 e. The van der Waals surface area contributed by atoms with Crippen molar-refractivity contribution in [1.82, 2.24) is 19.4 Å². The third-order valence-electron chi connectivity index (χ3n) is 5.53. The Labute approximate surface area is 166 Å². The quantitative estimate of drug-likeness (QED) is 0.680. The molecule has 1 aliphatic rings. The van der Waals surface area contributed by atoms with E-state index < -0.39 is 0 Å². The van der Waals surface area contributed by atoms with E-state index in [0.717, 1.165) is 50.3 Å². The van der Waals surface area contributed by atoms with Gasteiger partial charge in [0.25, 0.3) is 5.91 Å². The molecule has 0 radical (unpaired) electrons. The summed E-state index contributed by atoms with van der Waals surface area (Å²) in [5, 5.41) is 0. The van der Waals surface area contributed by atoms with Gasteiger partial charge in [-0.2, -0.15) is 0 Å². The molecule has 3 aromatic rings. The molecule has 1 atom stereocenters. The molecule has 2 aromatic heterocycles. The molecule has 1 saturated heterocycles. The Bertz CT molecular complexity index is 917. The van der Waals surface area contributed by atoms with E-state index in [1.165, 1.54) is 11.1 Å². The summed E-state index contributed by atoms with van der Waals surface area (Å²) in [6.45, 7) is 4.44. The van der Waals surface area contributed by atoms with Gasteiger partial charge in [0.05, 0.1) is 0 Å². The number of benzene rings is 1. The lowest BCUT2D eigenvalue weighted by molar-refractivity contribution is 0.0703. The number of carbonyl (C=O) groups excluding carboxylic acids is 1. The zero-order valence-electron chi connectivity index (χ0n) is 16.3. The van der Waals surface area contributed by atoms with Crippen LogP contribution in [0.3, 0.4) is 0 Å². The Kier molecular flexibility index (Phi) is 5.51. The number of aromatic nitrogens is 3. The highest BCUT2D eigenvalue weighted by Crippen LogP contribution is 2.27. The Balaban J connectivity index is 1.48. The molecular weight excluding hydrogens is 348 g/mol. The number of carbonyl (C=O) groups is 1. The lowest BCUT2D eigenvalue weighted by Crippen LogP contribution is -2.39. The van der Waals surface area contributed by atoms with Crippen molar-refractivity contribution >= 4 is 5.91 Å². The molecule has 0 spiro atoms. The van der Waals surface area contributed by atoms with Gasteiger partial charge in [-0.15, -0.1) is 0 Å². The van der Waals surface area contributed by atoms with Gasteiger partial charge in [0.1, 0.15) is 5.82 Å².